The van der Waals surface area contributed by atoms with Crippen molar-refractivity contribution in [2.75, 3.05) is 13.7 Å². The van der Waals surface area contributed by atoms with Crippen LogP contribution in [0.3, 0.4) is 0 Å². The van der Waals surface area contributed by atoms with Crippen LogP contribution < -0.4 is 0 Å². The first-order valence-corrected chi connectivity index (χ1v) is 9.75. The second kappa shape index (κ2) is 7.02. The molecule has 0 saturated carbocycles. The van der Waals surface area contributed by atoms with Crippen LogP contribution in [0.5, 0.6) is 0 Å². The molecular weight excluding hydrogens is 346 g/mol. The van der Waals surface area contributed by atoms with E-state index in [1.165, 1.54) is 22.3 Å². The van der Waals surface area contributed by atoms with E-state index in [1.54, 1.807) is 7.11 Å². The summed E-state index contributed by atoms with van der Waals surface area (Å²) in [7, 11) is 1.74. The number of ether oxygens (including phenoxy) is 1. The molecule has 0 amide bonds. The Morgan fingerprint density at radius 3 is 2.43 bits per heavy atom. The molecule has 28 heavy (non-hydrogen) atoms. The SMILES string of the molecule is COCC(C)n1ccc2c(C)nc3c(-c4c(C)cc(C)cc4C)ccnc3c21. The van der Waals surface area contributed by atoms with Gasteiger partial charge in [0.1, 0.15) is 5.52 Å². The molecule has 0 aliphatic carbocycles. The Morgan fingerprint density at radius 1 is 1.04 bits per heavy atom. The number of methoxy groups -OCH3 is 1. The lowest BCUT2D eigenvalue weighted by Gasteiger charge is -2.17. The molecule has 1 aromatic carbocycles. The zero-order valence-corrected chi connectivity index (χ0v) is 17.5. The van der Waals surface area contributed by atoms with E-state index in [9.17, 15) is 0 Å². The number of aromatic nitrogens is 3. The molecule has 0 bridgehead atoms. The van der Waals surface area contributed by atoms with Crippen molar-refractivity contribution in [3.63, 3.8) is 0 Å². The van der Waals surface area contributed by atoms with Gasteiger partial charge in [0.25, 0.3) is 0 Å². The van der Waals surface area contributed by atoms with Gasteiger partial charge in [0.05, 0.1) is 23.7 Å². The Kier molecular flexibility index (Phi) is 4.68. The predicted octanol–water partition coefficient (Wildman–Crippen LogP) is 5.69. The third-order valence-corrected chi connectivity index (χ3v) is 5.56. The summed E-state index contributed by atoms with van der Waals surface area (Å²) >= 11 is 0. The van der Waals surface area contributed by atoms with Crippen molar-refractivity contribution in [1.29, 1.82) is 0 Å². The zero-order valence-electron chi connectivity index (χ0n) is 17.5. The van der Waals surface area contributed by atoms with Crippen LogP contribution in [-0.2, 0) is 4.74 Å². The summed E-state index contributed by atoms with van der Waals surface area (Å²) < 4.78 is 7.66. The largest absolute Gasteiger partial charge is 0.383 e. The van der Waals surface area contributed by atoms with E-state index in [-0.39, 0.29) is 6.04 Å². The molecule has 4 rings (SSSR count). The third-order valence-electron chi connectivity index (χ3n) is 5.56. The quantitative estimate of drug-likeness (QED) is 0.461. The molecule has 3 aromatic heterocycles. The van der Waals surface area contributed by atoms with Crippen LogP contribution in [0.25, 0.3) is 33.1 Å². The van der Waals surface area contributed by atoms with E-state index in [0.717, 1.165) is 33.2 Å². The van der Waals surface area contributed by atoms with Crippen LogP contribution in [0, 0.1) is 27.7 Å². The average Bonchev–Trinajstić information content (AvgIpc) is 3.08. The van der Waals surface area contributed by atoms with Gasteiger partial charge in [-0.15, -0.1) is 0 Å². The highest BCUT2D eigenvalue weighted by molar-refractivity contribution is 6.07. The molecule has 0 fully saturated rings. The van der Waals surface area contributed by atoms with Crippen molar-refractivity contribution in [3.05, 3.63) is 59.0 Å². The number of pyridine rings is 2. The zero-order chi connectivity index (χ0) is 20.0. The monoisotopic (exact) mass is 373 g/mol. The number of hydrogen-bond donors (Lipinski definition) is 0. The van der Waals surface area contributed by atoms with Gasteiger partial charge in [-0.1, -0.05) is 17.7 Å². The van der Waals surface area contributed by atoms with Crippen LogP contribution in [-0.4, -0.2) is 28.3 Å². The Morgan fingerprint density at radius 2 is 1.75 bits per heavy atom. The highest BCUT2D eigenvalue weighted by Gasteiger charge is 2.18. The van der Waals surface area contributed by atoms with Crippen LogP contribution >= 0.6 is 0 Å². The summed E-state index contributed by atoms with van der Waals surface area (Å²) in [6.45, 7) is 11.4. The molecule has 1 atom stereocenters. The highest BCUT2D eigenvalue weighted by atomic mass is 16.5. The summed E-state index contributed by atoms with van der Waals surface area (Å²) in [5.41, 5.74) is 10.3. The Balaban J connectivity index is 2.08. The van der Waals surface area contributed by atoms with Crippen LogP contribution in [0.1, 0.15) is 35.3 Å². The highest BCUT2D eigenvalue weighted by Crippen LogP contribution is 2.36. The number of aryl methyl sites for hydroxylation is 4. The molecular formula is C24H27N3O. The van der Waals surface area contributed by atoms with E-state index in [1.807, 2.05) is 6.20 Å². The molecule has 4 aromatic rings. The average molecular weight is 374 g/mol. The molecule has 4 nitrogen and oxygen atoms in total. The summed E-state index contributed by atoms with van der Waals surface area (Å²) in [5.74, 6) is 0. The van der Waals surface area contributed by atoms with E-state index < -0.39 is 0 Å². The van der Waals surface area contributed by atoms with Gasteiger partial charge in [-0.05, 0) is 63.4 Å². The molecule has 0 aliphatic heterocycles. The lowest BCUT2D eigenvalue weighted by Crippen LogP contribution is -2.10. The fraction of sp³-hybridized carbons (Fsp3) is 0.333. The van der Waals surface area contributed by atoms with Crippen molar-refractivity contribution in [2.45, 2.75) is 40.7 Å². The van der Waals surface area contributed by atoms with E-state index in [4.69, 9.17) is 14.7 Å². The topological polar surface area (TPSA) is 39.9 Å². The molecule has 4 heteroatoms. The molecule has 3 heterocycles. The van der Waals surface area contributed by atoms with Crippen LogP contribution in [0.2, 0.25) is 0 Å². The first kappa shape index (κ1) is 18.6. The number of fused-ring (bicyclic) bond motifs is 3. The molecule has 0 saturated heterocycles. The first-order chi connectivity index (χ1) is 13.4. The lowest BCUT2D eigenvalue weighted by atomic mass is 9.93. The van der Waals surface area contributed by atoms with Crippen molar-refractivity contribution in [2.24, 2.45) is 0 Å². The van der Waals surface area contributed by atoms with Gasteiger partial charge in [0.15, 0.2) is 0 Å². The van der Waals surface area contributed by atoms with Crippen molar-refractivity contribution in [3.8, 4) is 11.1 Å². The fourth-order valence-corrected chi connectivity index (χ4v) is 4.45. The third kappa shape index (κ3) is 2.89. The smallest absolute Gasteiger partial charge is 0.114 e. The Bertz CT molecular complexity index is 1170. The summed E-state index contributed by atoms with van der Waals surface area (Å²) in [6, 6.07) is 8.94. The van der Waals surface area contributed by atoms with Gasteiger partial charge in [-0.3, -0.25) is 9.97 Å². The number of nitrogens with zero attached hydrogens (tertiary/aromatic N) is 3. The van der Waals surface area contributed by atoms with Crippen molar-refractivity contribution >= 4 is 21.9 Å². The lowest BCUT2D eigenvalue weighted by molar-refractivity contribution is 0.164. The molecule has 0 N–H and O–H groups in total. The number of hydrogen-bond acceptors (Lipinski definition) is 3. The minimum absolute atomic E-state index is 0.223. The van der Waals surface area contributed by atoms with Gasteiger partial charge in [-0.2, -0.15) is 0 Å². The molecule has 0 spiro atoms. The maximum absolute atomic E-state index is 5.40. The van der Waals surface area contributed by atoms with Gasteiger partial charge >= 0.3 is 0 Å². The summed E-state index contributed by atoms with van der Waals surface area (Å²) in [6.07, 6.45) is 4.03. The van der Waals surface area contributed by atoms with Crippen molar-refractivity contribution in [1.82, 2.24) is 14.5 Å². The second-order valence-electron chi connectivity index (χ2n) is 7.82. The molecule has 1 unspecified atom stereocenters. The normalized spacial score (nSPS) is 12.8. The minimum atomic E-state index is 0.223. The number of rotatable bonds is 4. The predicted molar refractivity (Wildman–Crippen MR) is 116 cm³/mol. The molecule has 144 valence electrons. The van der Waals surface area contributed by atoms with Crippen molar-refractivity contribution < 1.29 is 4.74 Å². The summed E-state index contributed by atoms with van der Waals surface area (Å²) in [5, 5.41) is 1.15. The van der Waals surface area contributed by atoms with Gasteiger partial charge < -0.3 is 9.30 Å². The maximum Gasteiger partial charge on any atom is 0.114 e. The Hall–Kier alpha value is -2.72. The fourth-order valence-electron chi connectivity index (χ4n) is 4.45. The second-order valence-corrected chi connectivity index (χ2v) is 7.82. The molecule has 0 radical (unpaired) electrons. The van der Waals surface area contributed by atoms with Crippen LogP contribution in [0.4, 0.5) is 0 Å². The van der Waals surface area contributed by atoms with E-state index in [0.29, 0.717) is 6.61 Å². The Labute approximate surface area is 166 Å². The van der Waals surface area contributed by atoms with Gasteiger partial charge in [-0.25, -0.2) is 0 Å². The minimum Gasteiger partial charge on any atom is -0.383 e. The van der Waals surface area contributed by atoms with E-state index >= 15 is 0 Å². The van der Waals surface area contributed by atoms with Crippen LogP contribution in [0.15, 0.2) is 36.7 Å². The number of benzene rings is 1. The van der Waals surface area contributed by atoms with E-state index in [2.05, 4.69) is 69.6 Å². The van der Waals surface area contributed by atoms with Gasteiger partial charge in [0.2, 0.25) is 0 Å². The first-order valence-electron chi connectivity index (χ1n) is 9.75. The standard InChI is InChI=1S/C24H27N3O/c1-14-11-15(2)21(16(3)12-14)20-7-9-25-23-22(20)26-18(5)19-8-10-27(24(19)23)17(4)13-28-6/h7-12,17H,13H2,1-6H3. The summed E-state index contributed by atoms with van der Waals surface area (Å²) in [4.78, 5) is 9.76. The van der Waals surface area contributed by atoms with Gasteiger partial charge in [0, 0.05) is 36.1 Å². The maximum atomic E-state index is 5.40. The molecule has 0 aliphatic rings.